The highest BCUT2D eigenvalue weighted by Gasteiger charge is 2.46. The first-order valence-corrected chi connectivity index (χ1v) is 13.0. The largest absolute Gasteiger partial charge is 0.456 e. The van der Waals surface area contributed by atoms with Crippen LogP contribution in [0.15, 0.2) is 66.8 Å². The Morgan fingerprint density at radius 3 is 2.89 bits per heavy atom. The number of carbonyl (C=O) groups excluding carboxylic acids is 1. The van der Waals surface area contributed by atoms with Gasteiger partial charge in [0.15, 0.2) is 0 Å². The Labute approximate surface area is 214 Å². The van der Waals surface area contributed by atoms with E-state index in [0.29, 0.717) is 19.3 Å². The Kier molecular flexibility index (Phi) is 9.32. The summed E-state index contributed by atoms with van der Waals surface area (Å²) < 4.78 is 17.5. The van der Waals surface area contributed by atoms with E-state index >= 15 is 0 Å². The van der Waals surface area contributed by atoms with Crippen LogP contribution in [0.1, 0.15) is 56.1 Å². The Bertz CT molecular complexity index is 995. The number of benzene rings is 1. The SMILES string of the molecule is C=C1CCC[C@@H]2CC=CC(C/C=C\C(=O)OC(C(O)/C=C/c3cccc(C)c3)C[C@@H]3OC3[C@@H](O)C1)O2. The molecule has 6 heteroatoms. The number of rotatable bonds is 3. The maximum absolute atomic E-state index is 12.6. The van der Waals surface area contributed by atoms with Crippen molar-refractivity contribution in [2.75, 3.05) is 0 Å². The summed E-state index contributed by atoms with van der Waals surface area (Å²) >= 11 is 0. The van der Waals surface area contributed by atoms with Gasteiger partial charge in [-0.1, -0.05) is 72.4 Å². The average molecular weight is 495 g/mol. The van der Waals surface area contributed by atoms with Crippen LogP contribution in [0.4, 0.5) is 0 Å². The fourth-order valence-electron chi connectivity index (χ4n) is 4.91. The molecule has 2 bridgehead atoms. The van der Waals surface area contributed by atoms with E-state index < -0.39 is 24.3 Å². The number of epoxide rings is 1. The number of hydrogen-bond acceptors (Lipinski definition) is 6. The van der Waals surface area contributed by atoms with E-state index in [1.54, 1.807) is 12.2 Å². The number of hydrogen-bond donors (Lipinski definition) is 2. The van der Waals surface area contributed by atoms with Gasteiger partial charge in [0, 0.05) is 12.5 Å². The Morgan fingerprint density at radius 1 is 1.19 bits per heavy atom. The molecule has 0 aliphatic carbocycles. The standard InChI is InChI=1S/C30H38O6/c1-20-7-3-9-22(17-20)15-16-25(31)27-19-28-30(36-28)26(32)18-21(2)8-4-10-23-11-5-12-24(34-23)13-6-14-29(33)35-27/h3,5-7,9,12,14-17,23-28,30-32H,2,4,8,10-11,13,18-19H2,1H3/b14-6-,16-15+/t23-,24?,25?,26+,27?,28+,30?/m1/s1. The molecule has 4 unspecified atom stereocenters. The summed E-state index contributed by atoms with van der Waals surface area (Å²) in [5.74, 6) is -0.522. The fraction of sp³-hybridized carbons (Fsp3) is 0.500. The number of carbonyl (C=O) groups is 1. The number of aryl methyl sites for hydroxylation is 1. The first-order valence-electron chi connectivity index (χ1n) is 13.0. The molecule has 0 spiro atoms. The molecule has 1 saturated heterocycles. The summed E-state index contributed by atoms with van der Waals surface area (Å²) in [6, 6.07) is 7.92. The third-order valence-corrected chi connectivity index (χ3v) is 6.94. The minimum atomic E-state index is -1.02. The van der Waals surface area contributed by atoms with E-state index in [4.69, 9.17) is 14.2 Å². The molecule has 1 aromatic carbocycles. The monoisotopic (exact) mass is 494 g/mol. The Balaban J connectivity index is 1.46. The van der Waals surface area contributed by atoms with Gasteiger partial charge in [-0.05, 0) is 51.0 Å². The van der Waals surface area contributed by atoms with Gasteiger partial charge in [0.1, 0.15) is 18.3 Å². The number of ether oxygens (including phenoxy) is 3. The van der Waals surface area contributed by atoms with Crippen LogP contribution in [0.2, 0.25) is 0 Å². The van der Waals surface area contributed by atoms with E-state index in [9.17, 15) is 15.0 Å². The molecule has 194 valence electrons. The molecule has 0 radical (unpaired) electrons. The molecule has 7 atom stereocenters. The van der Waals surface area contributed by atoms with Gasteiger partial charge in [-0.3, -0.25) is 0 Å². The quantitative estimate of drug-likeness (QED) is 0.363. The zero-order valence-corrected chi connectivity index (χ0v) is 21.0. The van der Waals surface area contributed by atoms with Gasteiger partial charge in [-0.2, -0.15) is 0 Å². The predicted molar refractivity (Wildman–Crippen MR) is 139 cm³/mol. The van der Waals surface area contributed by atoms with Gasteiger partial charge >= 0.3 is 5.97 Å². The number of cyclic esters (lactones) is 1. The van der Waals surface area contributed by atoms with Crippen LogP contribution >= 0.6 is 0 Å². The van der Waals surface area contributed by atoms with Crippen LogP contribution in [-0.4, -0.2) is 58.9 Å². The molecule has 1 fully saturated rings. The summed E-state index contributed by atoms with van der Waals surface area (Å²) in [4.78, 5) is 12.6. The average Bonchev–Trinajstić information content (AvgIpc) is 3.61. The summed E-state index contributed by atoms with van der Waals surface area (Å²) in [5.41, 5.74) is 3.06. The lowest BCUT2D eigenvalue weighted by Gasteiger charge is -2.25. The minimum absolute atomic E-state index is 0.0732. The molecule has 0 aromatic heterocycles. The van der Waals surface area contributed by atoms with Crippen LogP contribution in [0.3, 0.4) is 0 Å². The number of aliphatic hydroxyl groups is 2. The Hall–Kier alpha value is -2.51. The van der Waals surface area contributed by atoms with Gasteiger partial charge in [0.05, 0.1) is 24.4 Å². The summed E-state index contributed by atoms with van der Waals surface area (Å²) in [6.45, 7) is 6.15. The van der Waals surface area contributed by atoms with Crippen molar-refractivity contribution in [3.63, 3.8) is 0 Å². The van der Waals surface area contributed by atoms with E-state index in [1.165, 1.54) is 6.08 Å². The molecule has 1 aromatic rings. The highest BCUT2D eigenvalue weighted by atomic mass is 16.6. The van der Waals surface area contributed by atoms with Crippen LogP contribution < -0.4 is 0 Å². The van der Waals surface area contributed by atoms with Crippen LogP contribution in [0.25, 0.3) is 6.08 Å². The molecular weight excluding hydrogens is 456 g/mol. The van der Waals surface area contributed by atoms with Gasteiger partial charge in [-0.15, -0.1) is 0 Å². The van der Waals surface area contributed by atoms with Crippen LogP contribution in [-0.2, 0) is 19.0 Å². The van der Waals surface area contributed by atoms with Crippen LogP contribution in [0, 0.1) is 6.92 Å². The van der Waals surface area contributed by atoms with Gasteiger partial charge in [0.25, 0.3) is 0 Å². The van der Waals surface area contributed by atoms with Crippen molar-refractivity contribution in [3.8, 4) is 0 Å². The van der Waals surface area contributed by atoms with E-state index in [1.807, 2.05) is 43.3 Å². The molecule has 0 amide bonds. The summed E-state index contributed by atoms with van der Waals surface area (Å²) in [7, 11) is 0. The van der Waals surface area contributed by atoms with E-state index in [-0.39, 0.29) is 24.4 Å². The third kappa shape index (κ3) is 8.00. The van der Waals surface area contributed by atoms with Gasteiger partial charge in [-0.25, -0.2) is 4.79 Å². The number of esters is 1. The highest BCUT2D eigenvalue weighted by Crippen LogP contribution is 2.34. The number of aliphatic hydroxyl groups excluding tert-OH is 2. The lowest BCUT2D eigenvalue weighted by Crippen LogP contribution is -2.32. The molecule has 3 aliphatic heterocycles. The van der Waals surface area contributed by atoms with Gasteiger partial charge < -0.3 is 24.4 Å². The van der Waals surface area contributed by atoms with Crippen molar-refractivity contribution < 1.29 is 29.2 Å². The second-order valence-corrected chi connectivity index (χ2v) is 10.1. The summed E-state index contributed by atoms with van der Waals surface area (Å²) in [6.07, 6.45) is 12.7. The van der Waals surface area contributed by atoms with Crippen molar-refractivity contribution in [1.29, 1.82) is 0 Å². The molecule has 3 heterocycles. The predicted octanol–water partition coefficient (Wildman–Crippen LogP) is 4.59. The van der Waals surface area contributed by atoms with Crippen LogP contribution in [0.5, 0.6) is 0 Å². The molecule has 6 nitrogen and oxygen atoms in total. The second kappa shape index (κ2) is 12.6. The highest BCUT2D eigenvalue weighted by molar-refractivity contribution is 5.82. The summed E-state index contributed by atoms with van der Waals surface area (Å²) in [5, 5.41) is 21.6. The topological polar surface area (TPSA) is 88.5 Å². The first-order chi connectivity index (χ1) is 17.4. The van der Waals surface area contributed by atoms with Crippen molar-refractivity contribution in [3.05, 3.63) is 77.9 Å². The smallest absolute Gasteiger partial charge is 0.330 e. The lowest BCUT2D eigenvalue weighted by molar-refractivity contribution is -0.147. The van der Waals surface area contributed by atoms with Gasteiger partial charge in [0.2, 0.25) is 0 Å². The maximum atomic E-state index is 12.6. The van der Waals surface area contributed by atoms with Crippen molar-refractivity contribution in [2.24, 2.45) is 0 Å². The molecule has 0 saturated carbocycles. The van der Waals surface area contributed by atoms with Crippen molar-refractivity contribution >= 4 is 12.0 Å². The first kappa shape index (κ1) is 26.6. The van der Waals surface area contributed by atoms with E-state index in [0.717, 1.165) is 42.4 Å². The lowest BCUT2D eigenvalue weighted by atomic mass is 9.97. The zero-order valence-electron chi connectivity index (χ0n) is 21.0. The van der Waals surface area contributed by atoms with Crippen molar-refractivity contribution in [1.82, 2.24) is 0 Å². The molecule has 3 aliphatic rings. The zero-order chi connectivity index (χ0) is 25.5. The fourth-order valence-corrected chi connectivity index (χ4v) is 4.91. The number of fused-ring (bicyclic) bond motifs is 3. The normalized spacial score (nSPS) is 33.8. The molecule has 36 heavy (non-hydrogen) atoms. The van der Waals surface area contributed by atoms with E-state index in [2.05, 4.69) is 12.7 Å². The van der Waals surface area contributed by atoms with Crippen molar-refractivity contribution in [2.45, 2.75) is 94.6 Å². The molecular formula is C30H38O6. The third-order valence-electron chi connectivity index (χ3n) is 6.94. The molecule has 2 N–H and O–H groups in total. The maximum Gasteiger partial charge on any atom is 0.330 e. The second-order valence-electron chi connectivity index (χ2n) is 10.1. The molecule has 4 rings (SSSR count). The Morgan fingerprint density at radius 2 is 2.06 bits per heavy atom. The minimum Gasteiger partial charge on any atom is -0.456 e.